The average molecular weight is 164 g/mol. The highest BCUT2D eigenvalue weighted by Gasteiger charge is 2.44. The molecule has 10 heavy (non-hydrogen) atoms. The van der Waals surface area contributed by atoms with Gasteiger partial charge in [0.25, 0.3) is 0 Å². The fourth-order valence-electron chi connectivity index (χ4n) is 1.43. The number of hydrogen-bond acceptors (Lipinski definition) is 1. The van der Waals surface area contributed by atoms with E-state index in [9.17, 15) is 4.57 Å². The zero-order chi connectivity index (χ0) is 7.83. The van der Waals surface area contributed by atoms with Crippen LogP contribution in [0.5, 0.6) is 0 Å². The van der Waals surface area contributed by atoms with Crippen LogP contribution in [-0.2, 0) is 4.57 Å². The summed E-state index contributed by atoms with van der Waals surface area (Å²) in [5.74, 6) is 0. The zero-order valence-corrected chi connectivity index (χ0v) is 6.97. The molecule has 0 aromatic heterocycles. The Kier molecular flexibility index (Phi) is 1.92. The normalized spacial score (nSPS) is 25.1. The molecule has 0 aromatic rings. The first-order valence-electron chi connectivity index (χ1n) is 3.51. The Morgan fingerprint density at radius 2 is 1.70 bits per heavy atom. The summed E-state index contributed by atoms with van der Waals surface area (Å²) in [6.07, 6.45) is 3.28. The van der Waals surface area contributed by atoms with E-state index >= 15 is 0 Å². The lowest BCUT2D eigenvalue weighted by atomic mass is 10.1. The van der Waals surface area contributed by atoms with Crippen LogP contribution < -0.4 is 0 Å². The molecule has 0 heterocycles. The van der Waals surface area contributed by atoms with Crippen molar-refractivity contribution in [3.8, 4) is 0 Å². The molecule has 0 amide bonds. The van der Waals surface area contributed by atoms with Gasteiger partial charge in [0, 0.05) is 0 Å². The van der Waals surface area contributed by atoms with E-state index < -0.39 is 12.8 Å². The van der Waals surface area contributed by atoms with Crippen LogP contribution in [0.25, 0.3) is 0 Å². The zero-order valence-electron chi connectivity index (χ0n) is 6.08. The standard InChI is InChI=1S/C6H13O3P/c1-6(10(7,8)9)4-2-3-5-6/h2-5H2,1H3,(H2,7,8,9). The van der Waals surface area contributed by atoms with Crippen molar-refractivity contribution in [2.75, 3.05) is 0 Å². The van der Waals surface area contributed by atoms with E-state index in [0.717, 1.165) is 12.8 Å². The summed E-state index contributed by atoms with van der Waals surface area (Å²) in [4.78, 5) is 17.8. The first-order chi connectivity index (χ1) is 4.46. The largest absolute Gasteiger partial charge is 0.331 e. The number of hydrogen-bond donors (Lipinski definition) is 2. The van der Waals surface area contributed by atoms with Crippen molar-refractivity contribution in [1.82, 2.24) is 0 Å². The molecule has 2 N–H and O–H groups in total. The lowest BCUT2D eigenvalue weighted by Crippen LogP contribution is -2.19. The fraction of sp³-hybridized carbons (Fsp3) is 1.00. The minimum absolute atomic E-state index is 0.678. The summed E-state index contributed by atoms with van der Waals surface area (Å²) < 4.78 is 10.8. The molecule has 0 aliphatic heterocycles. The van der Waals surface area contributed by atoms with Gasteiger partial charge in [-0.2, -0.15) is 0 Å². The second kappa shape index (κ2) is 2.33. The van der Waals surface area contributed by atoms with E-state index in [1.165, 1.54) is 0 Å². The summed E-state index contributed by atoms with van der Waals surface area (Å²) in [5, 5.41) is -0.701. The summed E-state index contributed by atoms with van der Waals surface area (Å²) in [5.41, 5.74) is 0. The van der Waals surface area contributed by atoms with Crippen molar-refractivity contribution in [1.29, 1.82) is 0 Å². The first kappa shape index (κ1) is 8.25. The predicted octanol–water partition coefficient (Wildman–Crippen LogP) is 1.50. The second-order valence-electron chi connectivity index (χ2n) is 3.25. The molecule has 1 rings (SSSR count). The van der Waals surface area contributed by atoms with Gasteiger partial charge in [0.1, 0.15) is 0 Å². The van der Waals surface area contributed by atoms with Gasteiger partial charge in [0.15, 0.2) is 0 Å². The molecule has 3 nitrogen and oxygen atoms in total. The maximum Gasteiger partial charge on any atom is 0.331 e. The Hall–Kier alpha value is 0.150. The van der Waals surface area contributed by atoms with Crippen molar-refractivity contribution >= 4 is 7.60 Å². The maximum absolute atomic E-state index is 10.8. The molecule has 1 fully saturated rings. The molecule has 0 radical (unpaired) electrons. The van der Waals surface area contributed by atoms with Crippen LogP contribution >= 0.6 is 7.60 Å². The van der Waals surface area contributed by atoms with E-state index in [-0.39, 0.29) is 0 Å². The molecule has 0 saturated heterocycles. The molecule has 1 aliphatic carbocycles. The van der Waals surface area contributed by atoms with E-state index in [0.29, 0.717) is 12.8 Å². The van der Waals surface area contributed by atoms with Crippen LogP contribution in [0.15, 0.2) is 0 Å². The van der Waals surface area contributed by atoms with Gasteiger partial charge >= 0.3 is 7.60 Å². The van der Waals surface area contributed by atoms with E-state index in [1.807, 2.05) is 0 Å². The number of rotatable bonds is 1. The molecular weight excluding hydrogens is 151 g/mol. The van der Waals surface area contributed by atoms with Gasteiger partial charge in [-0.25, -0.2) is 0 Å². The molecule has 4 heteroatoms. The molecule has 0 atom stereocenters. The fourth-order valence-corrected chi connectivity index (χ4v) is 2.33. The summed E-state index contributed by atoms with van der Waals surface area (Å²) >= 11 is 0. The van der Waals surface area contributed by atoms with Gasteiger partial charge in [-0.05, 0) is 19.8 Å². The molecule has 0 unspecified atom stereocenters. The Labute approximate surface area is 60.6 Å². The highest BCUT2D eigenvalue weighted by Crippen LogP contribution is 2.58. The smallest absolute Gasteiger partial charge is 0.324 e. The van der Waals surface area contributed by atoms with Gasteiger partial charge in [0.05, 0.1) is 5.16 Å². The topological polar surface area (TPSA) is 57.5 Å². The van der Waals surface area contributed by atoms with Gasteiger partial charge < -0.3 is 9.79 Å². The average Bonchev–Trinajstić information content (AvgIpc) is 2.13. The van der Waals surface area contributed by atoms with Crippen molar-refractivity contribution in [2.24, 2.45) is 0 Å². The van der Waals surface area contributed by atoms with Crippen LogP contribution in [-0.4, -0.2) is 14.9 Å². The minimum atomic E-state index is -3.83. The Morgan fingerprint density at radius 3 is 1.90 bits per heavy atom. The third kappa shape index (κ3) is 1.26. The van der Waals surface area contributed by atoms with Gasteiger partial charge in [0.2, 0.25) is 0 Å². The van der Waals surface area contributed by atoms with Crippen LogP contribution in [0.2, 0.25) is 0 Å². The van der Waals surface area contributed by atoms with Crippen LogP contribution in [0.1, 0.15) is 32.6 Å². The summed E-state index contributed by atoms with van der Waals surface area (Å²) in [6, 6.07) is 0. The minimum Gasteiger partial charge on any atom is -0.324 e. The van der Waals surface area contributed by atoms with Gasteiger partial charge in [-0.1, -0.05) is 12.8 Å². The first-order valence-corrected chi connectivity index (χ1v) is 5.13. The maximum atomic E-state index is 10.8. The summed E-state index contributed by atoms with van der Waals surface area (Å²) in [6.45, 7) is 1.68. The quantitative estimate of drug-likeness (QED) is 0.577. The highest BCUT2D eigenvalue weighted by molar-refractivity contribution is 7.53. The predicted molar refractivity (Wildman–Crippen MR) is 38.9 cm³/mol. The second-order valence-corrected chi connectivity index (χ2v) is 5.42. The van der Waals surface area contributed by atoms with Crippen LogP contribution in [0.3, 0.4) is 0 Å². The van der Waals surface area contributed by atoms with Gasteiger partial charge in [-0.15, -0.1) is 0 Å². The van der Waals surface area contributed by atoms with Crippen molar-refractivity contribution in [2.45, 2.75) is 37.8 Å². The highest BCUT2D eigenvalue weighted by atomic mass is 31.2. The van der Waals surface area contributed by atoms with Crippen molar-refractivity contribution in [3.63, 3.8) is 0 Å². The van der Waals surface area contributed by atoms with Crippen LogP contribution in [0.4, 0.5) is 0 Å². The van der Waals surface area contributed by atoms with Crippen LogP contribution in [0, 0.1) is 0 Å². The molecular formula is C6H13O3P. The lowest BCUT2D eigenvalue weighted by Gasteiger charge is -2.24. The Morgan fingerprint density at radius 1 is 1.30 bits per heavy atom. The molecule has 0 spiro atoms. The van der Waals surface area contributed by atoms with E-state index in [2.05, 4.69) is 0 Å². The Bertz CT molecular complexity index is 166. The molecule has 1 saturated carbocycles. The molecule has 1 aliphatic rings. The van der Waals surface area contributed by atoms with E-state index in [4.69, 9.17) is 9.79 Å². The third-order valence-corrected chi connectivity index (χ3v) is 4.24. The Balaban J connectivity index is 2.78. The molecule has 0 bridgehead atoms. The van der Waals surface area contributed by atoms with E-state index in [1.54, 1.807) is 6.92 Å². The summed E-state index contributed by atoms with van der Waals surface area (Å²) in [7, 11) is -3.83. The monoisotopic (exact) mass is 164 g/mol. The lowest BCUT2D eigenvalue weighted by molar-refractivity contribution is 0.330. The molecule has 60 valence electrons. The third-order valence-electron chi connectivity index (χ3n) is 2.38. The van der Waals surface area contributed by atoms with Crippen molar-refractivity contribution in [3.05, 3.63) is 0 Å². The van der Waals surface area contributed by atoms with Crippen molar-refractivity contribution < 1.29 is 14.4 Å². The van der Waals surface area contributed by atoms with Gasteiger partial charge in [-0.3, -0.25) is 4.57 Å². The molecule has 0 aromatic carbocycles. The SMILES string of the molecule is CC1(P(=O)(O)O)CCCC1.